The van der Waals surface area contributed by atoms with Crippen molar-refractivity contribution in [1.29, 1.82) is 0 Å². The SMILES string of the molecule is CCCNC(CSCC)c1ccc(C)nc1. The summed E-state index contributed by atoms with van der Waals surface area (Å²) in [5.74, 6) is 2.30. The lowest BCUT2D eigenvalue weighted by atomic mass is 10.1. The average Bonchev–Trinajstić information content (AvgIpc) is 2.31. The quantitative estimate of drug-likeness (QED) is 0.789. The van der Waals surface area contributed by atoms with Gasteiger partial charge in [-0.1, -0.05) is 19.9 Å². The first-order chi connectivity index (χ1) is 7.77. The number of rotatable bonds is 7. The van der Waals surface area contributed by atoms with Crippen molar-refractivity contribution in [2.24, 2.45) is 0 Å². The Morgan fingerprint density at radius 1 is 1.38 bits per heavy atom. The van der Waals surface area contributed by atoms with Gasteiger partial charge in [-0.2, -0.15) is 11.8 Å². The van der Waals surface area contributed by atoms with E-state index in [1.165, 1.54) is 17.7 Å². The van der Waals surface area contributed by atoms with Gasteiger partial charge in [0.05, 0.1) is 0 Å². The molecule has 0 bridgehead atoms. The van der Waals surface area contributed by atoms with Gasteiger partial charge in [-0.3, -0.25) is 4.98 Å². The Kier molecular flexibility index (Phi) is 6.50. The van der Waals surface area contributed by atoms with Gasteiger partial charge < -0.3 is 5.32 Å². The summed E-state index contributed by atoms with van der Waals surface area (Å²) in [6, 6.07) is 4.72. The first-order valence-corrected chi connectivity index (χ1v) is 7.17. The predicted molar refractivity (Wildman–Crippen MR) is 73.0 cm³/mol. The van der Waals surface area contributed by atoms with E-state index in [9.17, 15) is 0 Å². The Morgan fingerprint density at radius 2 is 2.19 bits per heavy atom. The first kappa shape index (κ1) is 13.5. The van der Waals surface area contributed by atoms with Crippen LogP contribution in [0, 0.1) is 6.92 Å². The van der Waals surface area contributed by atoms with Crippen molar-refractivity contribution >= 4 is 11.8 Å². The van der Waals surface area contributed by atoms with Crippen molar-refractivity contribution in [3.05, 3.63) is 29.6 Å². The minimum absolute atomic E-state index is 0.443. The largest absolute Gasteiger partial charge is 0.309 e. The minimum Gasteiger partial charge on any atom is -0.309 e. The summed E-state index contributed by atoms with van der Waals surface area (Å²) in [4.78, 5) is 4.37. The predicted octanol–water partition coefficient (Wildman–Crippen LogP) is 3.18. The maximum absolute atomic E-state index is 4.37. The molecule has 1 rings (SSSR count). The van der Waals surface area contributed by atoms with Crippen LogP contribution in [0.15, 0.2) is 18.3 Å². The maximum Gasteiger partial charge on any atom is 0.0427 e. The number of hydrogen-bond acceptors (Lipinski definition) is 3. The molecule has 0 radical (unpaired) electrons. The molecule has 0 fully saturated rings. The van der Waals surface area contributed by atoms with Gasteiger partial charge in [-0.05, 0) is 37.3 Å². The third-order valence-corrected chi connectivity index (χ3v) is 3.44. The summed E-state index contributed by atoms with van der Waals surface area (Å²) < 4.78 is 0. The number of thioether (sulfide) groups is 1. The molecule has 0 amide bonds. The van der Waals surface area contributed by atoms with Crippen LogP contribution in [0.3, 0.4) is 0 Å². The molecule has 0 aliphatic heterocycles. The third-order valence-electron chi connectivity index (χ3n) is 2.47. The maximum atomic E-state index is 4.37. The fourth-order valence-electron chi connectivity index (χ4n) is 1.51. The Labute approximate surface area is 103 Å². The smallest absolute Gasteiger partial charge is 0.0427 e. The van der Waals surface area contributed by atoms with E-state index in [1.54, 1.807) is 0 Å². The zero-order chi connectivity index (χ0) is 11.8. The normalized spacial score (nSPS) is 12.7. The van der Waals surface area contributed by atoms with Crippen molar-refractivity contribution in [2.75, 3.05) is 18.1 Å². The summed E-state index contributed by atoms with van der Waals surface area (Å²) in [5, 5.41) is 3.58. The molecule has 3 heteroatoms. The van der Waals surface area contributed by atoms with E-state index in [1.807, 2.05) is 24.9 Å². The molecule has 0 saturated heterocycles. The summed E-state index contributed by atoms with van der Waals surface area (Å²) in [6.45, 7) is 7.50. The van der Waals surface area contributed by atoms with Gasteiger partial charge in [-0.15, -0.1) is 0 Å². The average molecular weight is 238 g/mol. The van der Waals surface area contributed by atoms with Crippen LogP contribution >= 0.6 is 11.8 Å². The number of aromatic nitrogens is 1. The van der Waals surface area contributed by atoms with Crippen molar-refractivity contribution < 1.29 is 0 Å². The highest BCUT2D eigenvalue weighted by Crippen LogP contribution is 2.17. The molecule has 0 aromatic carbocycles. The molecule has 0 saturated carbocycles. The van der Waals surface area contributed by atoms with Crippen LogP contribution in [0.2, 0.25) is 0 Å². The fraction of sp³-hybridized carbons (Fsp3) is 0.615. The molecule has 0 aliphatic carbocycles. The van der Waals surface area contributed by atoms with Crippen LogP contribution in [0.5, 0.6) is 0 Å². The first-order valence-electron chi connectivity index (χ1n) is 6.01. The lowest BCUT2D eigenvalue weighted by Crippen LogP contribution is -2.24. The van der Waals surface area contributed by atoms with Crippen LogP contribution in [0.4, 0.5) is 0 Å². The standard InChI is InChI=1S/C13H22N2S/c1-4-8-14-13(10-16-5-2)12-7-6-11(3)15-9-12/h6-7,9,13-14H,4-5,8,10H2,1-3H3. The van der Waals surface area contributed by atoms with Gasteiger partial charge in [0, 0.05) is 23.7 Å². The molecule has 0 aliphatic rings. The summed E-state index contributed by atoms with van der Waals surface area (Å²) in [5.41, 5.74) is 2.39. The van der Waals surface area contributed by atoms with E-state index >= 15 is 0 Å². The third kappa shape index (κ3) is 4.54. The second-order valence-electron chi connectivity index (χ2n) is 3.90. The molecule has 1 aromatic heterocycles. The van der Waals surface area contributed by atoms with Gasteiger partial charge in [-0.25, -0.2) is 0 Å². The van der Waals surface area contributed by atoms with Crippen LogP contribution < -0.4 is 5.32 Å². The van der Waals surface area contributed by atoms with E-state index in [2.05, 4.69) is 36.3 Å². The Balaban J connectivity index is 2.62. The van der Waals surface area contributed by atoms with Crippen LogP contribution in [0.25, 0.3) is 0 Å². The van der Waals surface area contributed by atoms with Crippen molar-refractivity contribution in [1.82, 2.24) is 10.3 Å². The van der Waals surface area contributed by atoms with E-state index in [4.69, 9.17) is 0 Å². The highest BCUT2D eigenvalue weighted by atomic mass is 32.2. The topological polar surface area (TPSA) is 24.9 Å². The van der Waals surface area contributed by atoms with E-state index in [0.717, 1.165) is 18.0 Å². The van der Waals surface area contributed by atoms with Crippen LogP contribution in [0.1, 0.15) is 37.6 Å². The van der Waals surface area contributed by atoms with Crippen molar-refractivity contribution in [3.8, 4) is 0 Å². The molecule has 1 N–H and O–H groups in total. The van der Waals surface area contributed by atoms with Gasteiger partial charge in [0.2, 0.25) is 0 Å². The van der Waals surface area contributed by atoms with E-state index in [0.29, 0.717) is 6.04 Å². The number of nitrogens with one attached hydrogen (secondary N) is 1. The second kappa shape index (κ2) is 7.69. The lowest BCUT2D eigenvalue weighted by Gasteiger charge is -2.18. The molecular formula is C13H22N2S. The van der Waals surface area contributed by atoms with Crippen molar-refractivity contribution in [2.45, 2.75) is 33.2 Å². The molecule has 1 atom stereocenters. The number of aryl methyl sites for hydroxylation is 1. The highest BCUT2D eigenvalue weighted by molar-refractivity contribution is 7.99. The molecule has 90 valence electrons. The molecular weight excluding hydrogens is 216 g/mol. The second-order valence-corrected chi connectivity index (χ2v) is 5.22. The Bertz CT molecular complexity index is 276. The van der Waals surface area contributed by atoms with E-state index in [-0.39, 0.29) is 0 Å². The summed E-state index contributed by atoms with van der Waals surface area (Å²) >= 11 is 1.98. The van der Waals surface area contributed by atoms with E-state index < -0.39 is 0 Å². The molecule has 1 aromatic rings. The van der Waals surface area contributed by atoms with Crippen LogP contribution in [-0.4, -0.2) is 23.0 Å². The van der Waals surface area contributed by atoms with Gasteiger partial charge >= 0.3 is 0 Å². The number of hydrogen-bond donors (Lipinski definition) is 1. The molecule has 16 heavy (non-hydrogen) atoms. The van der Waals surface area contributed by atoms with Gasteiger partial charge in [0.1, 0.15) is 0 Å². The number of nitrogens with zero attached hydrogens (tertiary/aromatic N) is 1. The summed E-state index contributed by atoms with van der Waals surface area (Å²) in [6.07, 6.45) is 3.17. The number of pyridine rings is 1. The zero-order valence-corrected chi connectivity index (χ0v) is 11.3. The molecule has 1 heterocycles. The fourth-order valence-corrected chi connectivity index (χ4v) is 2.29. The Morgan fingerprint density at radius 3 is 2.75 bits per heavy atom. The lowest BCUT2D eigenvalue weighted by molar-refractivity contribution is 0.576. The minimum atomic E-state index is 0.443. The van der Waals surface area contributed by atoms with Gasteiger partial charge in [0.15, 0.2) is 0 Å². The zero-order valence-electron chi connectivity index (χ0n) is 10.5. The monoisotopic (exact) mass is 238 g/mol. The summed E-state index contributed by atoms with van der Waals surface area (Å²) in [7, 11) is 0. The van der Waals surface area contributed by atoms with Gasteiger partial charge in [0.25, 0.3) is 0 Å². The molecule has 1 unspecified atom stereocenters. The highest BCUT2D eigenvalue weighted by Gasteiger charge is 2.10. The van der Waals surface area contributed by atoms with Crippen LogP contribution in [-0.2, 0) is 0 Å². The Hall–Kier alpha value is -0.540. The molecule has 2 nitrogen and oxygen atoms in total. The van der Waals surface area contributed by atoms with Crippen molar-refractivity contribution in [3.63, 3.8) is 0 Å². The molecule has 0 spiro atoms.